The summed E-state index contributed by atoms with van der Waals surface area (Å²) >= 11 is 0. The van der Waals surface area contributed by atoms with Gasteiger partial charge in [0.15, 0.2) is 0 Å². The van der Waals surface area contributed by atoms with E-state index in [1.165, 1.54) is 0 Å². The standard InChI is InChI=1S/C8H12N2O2/c11-7(5-9-1-2-9)8(12)6-10-3-4-10/h1-6H2. The highest BCUT2D eigenvalue weighted by Gasteiger charge is 2.27. The second kappa shape index (κ2) is 2.95. The maximum atomic E-state index is 11.1. The van der Waals surface area contributed by atoms with Crippen molar-refractivity contribution in [1.82, 2.24) is 9.80 Å². The minimum atomic E-state index is -0.223. The third-order valence-corrected chi connectivity index (χ3v) is 2.13. The first kappa shape index (κ1) is 7.89. The van der Waals surface area contributed by atoms with Crippen LogP contribution >= 0.6 is 0 Å². The Morgan fingerprint density at radius 2 is 1.17 bits per heavy atom. The lowest BCUT2D eigenvalue weighted by Crippen LogP contribution is -2.28. The normalized spacial score (nSPS) is 22.3. The summed E-state index contributed by atoms with van der Waals surface area (Å²) < 4.78 is 0. The molecule has 2 fully saturated rings. The Morgan fingerprint density at radius 3 is 1.42 bits per heavy atom. The summed E-state index contributed by atoms with van der Waals surface area (Å²) in [5.74, 6) is -0.446. The Labute approximate surface area is 71.1 Å². The topological polar surface area (TPSA) is 40.2 Å². The van der Waals surface area contributed by atoms with Crippen LogP contribution in [-0.2, 0) is 9.59 Å². The highest BCUT2D eigenvalue weighted by Crippen LogP contribution is 2.05. The summed E-state index contributed by atoms with van der Waals surface area (Å²) in [6.07, 6.45) is 0. The van der Waals surface area contributed by atoms with Crippen LogP contribution in [0.2, 0.25) is 0 Å². The molecule has 0 aliphatic carbocycles. The molecule has 2 aliphatic rings. The van der Waals surface area contributed by atoms with Gasteiger partial charge in [0.2, 0.25) is 11.6 Å². The van der Waals surface area contributed by atoms with Gasteiger partial charge in [-0.1, -0.05) is 0 Å². The first-order valence-corrected chi connectivity index (χ1v) is 4.26. The molecule has 0 aromatic heterocycles. The highest BCUT2D eigenvalue weighted by molar-refractivity contribution is 6.38. The predicted octanol–water partition coefficient (Wildman–Crippen LogP) is -1.24. The Hall–Kier alpha value is -0.740. The molecule has 2 saturated heterocycles. The Bertz CT molecular complexity index is 195. The molecule has 0 atom stereocenters. The van der Waals surface area contributed by atoms with E-state index in [0.29, 0.717) is 13.1 Å². The molecule has 0 N–H and O–H groups in total. The summed E-state index contributed by atoms with van der Waals surface area (Å²) in [6.45, 7) is 4.58. The molecule has 2 rings (SSSR count). The SMILES string of the molecule is O=C(CN1CC1)C(=O)CN1CC1. The molecule has 12 heavy (non-hydrogen) atoms. The zero-order valence-electron chi connectivity index (χ0n) is 6.95. The van der Waals surface area contributed by atoms with Gasteiger partial charge in [0.25, 0.3) is 0 Å². The van der Waals surface area contributed by atoms with Gasteiger partial charge in [-0.15, -0.1) is 0 Å². The van der Waals surface area contributed by atoms with Crippen LogP contribution in [0.4, 0.5) is 0 Å². The van der Waals surface area contributed by atoms with Crippen LogP contribution in [0.15, 0.2) is 0 Å². The van der Waals surface area contributed by atoms with E-state index in [-0.39, 0.29) is 11.6 Å². The smallest absolute Gasteiger partial charge is 0.213 e. The van der Waals surface area contributed by atoms with Crippen molar-refractivity contribution in [3.8, 4) is 0 Å². The summed E-state index contributed by atoms with van der Waals surface area (Å²) in [5, 5.41) is 0. The minimum Gasteiger partial charge on any atom is -0.293 e. The van der Waals surface area contributed by atoms with E-state index in [0.717, 1.165) is 26.2 Å². The largest absolute Gasteiger partial charge is 0.293 e. The number of hydrogen-bond donors (Lipinski definition) is 0. The van der Waals surface area contributed by atoms with E-state index in [2.05, 4.69) is 0 Å². The fourth-order valence-electron chi connectivity index (χ4n) is 1.04. The molecule has 2 aliphatic heterocycles. The lowest BCUT2D eigenvalue weighted by atomic mass is 10.2. The highest BCUT2D eigenvalue weighted by atomic mass is 16.2. The molecule has 0 saturated carbocycles. The van der Waals surface area contributed by atoms with Crippen molar-refractivity contribution in [2.45, 2.75) is 0 Å². The maximum absolute atomic E-state index is 11.1. The average Bonchev–Trinajstić information content (AvgIpc) is 2.79. The summed E-state index contributed by atoms with van der Waals surface area (Å²) in [6, 6.07) is 0. The molecule has 0 aromatic carbocycles. The van der Waals surface area contributed by atoms with E-state index in [1.54, 1.807) is 0 Å². The van der Waals surface area contributed by atoms with Crippen LogP contribution < -0.4 is 0 Å². The molecule has 0 radical (unpaired) electrons. The van der Waals surface area contributed by atoms with E-state index in [9.17, 15) is 9.59 Å². The molecular formula is C8H12N2O2. The molecule has 4 nitrogen and oxygen atoms in total. The zero-order valence-corrected chi connectivity index (χ0v) is 6.95. The minimum absolute atomic E-state index is 0.223. The molecule has 0 bridgehead atoms. The van der Waals surface area contributed by atoms with Gasteiger partial charge in [-0.25, -0.2) is 0 Å². The fourth-order valence-corrected chi connectivity index (χ4v) is 1.04. The maximum Gasteiger partial charge on any atom is 0.213 e. The van der Waals surface area contributed by atoms with Gasteiger partial charge in [-0.3, -0.25) is 19.4 Å². The summed E-state index contributed by atoms with van der Waals surface area (Å²) in [7, 11) is 0. The molecular weight excluding hydrogens is 156 g/mol. The van der Waals surface area contributed by atoms with Crippen LogP contribution in [0, 0.1) is 0 Å². The van der Waals surface area contributed by atoms with Crippen molar-refractivity contribution in [2.75, 3.05) is 39.3 Å². The summed E-state index contributed by atoms with van der Waals surface area (Å²) in [4.78, 5) is 26.2. The van der Waals surface area contributed by atoms with Crippen molar-refractivity contribution >= 4 is 11.6 Å². The average molecular weight is 168 g/mol. The molecule has 0 spiro atoms. The number of carbonyl (C=O) groups is 2. The molecule has 0 unspecified atom stereocenters. The van der Waals surface area contributed by atoms with E-state index < -0.39 is 0 Å². The van der Waals surface area contributed by atoms with Gasteiger partial charge < -0.3 is 0 Å². The van der Waals surface area contributed by atoms with Crippen LogP contribution in [0.5, 0.6) is 0 Å². The van der Waals surface area contributed by atoms with E-state index in [4.69, 9.17) is 0 Å². The van der Waals surface area contributed by atoms with Crippen molar-refractivity contribution in [3.05, 3.63) is 0 Å². The molecule has 2 heterocycles. The van der Waals surface area contributed by atoms with Crippen LogP contribution in [-0.4, -0.2) is 60.6 Å². The molecule has 66 valence electrons. The number of Topliss-reactive ketones (excluding diaryl/α,β-unsaturated/α-hetero) is 2. The second-order valence-corrected chi connectivity index (χ2v) is 3.40. The Balaban J connectivity index is 1.72. The first-order valence-electron chi connectivity index (χ1n) is 4.26. The fraction of sp³-hybridized carbons (Fsp3) is 0.750. The third kappa shape index (κ3) is 2.12. The number of ketones is 2. The van der Waals surface area contributed by atoms with E-state index in [1.807, 2.05) is 9.80 Å². The van der Waals surface area contributed by atoms with Gasteiger partial charge in [0, 0.05) is 26.2 Å². The Kier molecular flexibility index (Phi) is 1.94. The number of carbonyl (C=O) groups excluding carboxylic acids is 2. The predicted molar refractivity (Wildman–Crippen MR) is 42.9 cm³/mol. The number of nitrogens with zero attached hydrogens (tertiary/aromatic N) is 2. The van der Waals surface area contributed by atoms with Crippen molar-refractivity contribution in [3.63, 3.8) is 0 Å². The lowest BCUT2D eigenvalue weighted by molar-refractivity contribution is -0.136. The van der Waals surface area contributed by atoms with Gasteiger partial charge >= 0.3 is 0 Å². The van der Waals surface area contributed by atoms with Crippen LogP contribution in [0.3, 0.4) is 0 Å². The molecule has 4 heteroatoms. The van der Waals surface area contributed by atoms with Crippen LogP contribution in [0.25, 0.3) is 0 Å². The van der Waals surface area contributed by atoms with Gasteiger partial charge in [0.1, 0.15) is 0 Å². The number of hydrogen-bond acceptors (Lipinski definition) is 4. The van der Waals surface area contributed by atoms with Gasteiger partial charge in [-0.2, -0.15) is 0 Å². The lowest BCUT2D eigenvalue weighted by Gasteiger charge is -1.99. The molecule has 0 amide bonds. The van der Waals surface area contributed by atoms with Crippen molar-refractivity contribution in [2.24, 2.45) is 0 Å². The monoisotopic (exact) mass is 168 g/mol. The summed E-state index contributed by atoms with van der Waals surface area (Å²) in [5.41, 5.74) is 0. The number of rotatable bonds is 5. The van der Waals surface area contributed by atoms with Crippen molar-refractivity contribution < 1.29 is 9.59 Å². The van der Waals surface area contributed by atoms with E-state index >= 15 is 0 Å². The zero-order chi connectivity index (χ0) is 8.55. The third-order valence-electron chi connectivity index (χ3n) is 2.13. The van der Waals surface area contributed by atoms with Gasteiger partial charge in [0.05, 0.1) is 13.1 Å². The van der Waals surface area contributed by atoms with Crippen molar-refractivity contribution in [1.29, 1.82) is 0 Å². The Morgan fingerprint density at radius 1 is 0.833 bits per heavy atom. The quantitative estimate of drug-likeness (QED) is 0.380. The first-order chi connectivity index (χ1) is 5.75. The van der Waals surface area contributed by atoms with Gasteiger partial charge in [-0.05, 0) is 0 Å². The second-order valence-electron chi connectivity index (χ2n) is 3.40. The molecule has 0 aromatic rings. The van der Waals surface area contributed by atoms with Crippen LogP contribution in [0.1, 0.15) is 0 Å².